The van der Waals surface area contributed by atoms with Crippen molar-refractivity contribution in [2.24, 2.45) is 0 Å². The van der Waals surface area contributed by atoms with Crippen LogP contribution in [0.15, 0.2) is 77.0 Å². The van der Waals surface area contributed by atoms with E-state index in [1.54, 1.807) is 12.1 Å². The van der Waals surface area contributed by atoms with Crippen LogP contribution in [0.4, 0.5) is 0 Å². The van der Waals surface area contributed by atoms with Gasteiger partial charge in [0.1, 0.15) is 18.1 Å². The van der Waals surface area contributed by atoms with E-state index in [0.717, 1.165) is 21.2 Å². The fraction of sp³-hybridized carbons (Fsp3) is 0.0870. The van der Waals surface area contributed by atoms with Gasteiger partial charge in [-0.25, -0.2) is 0 Å². The summed E-state index contributed by atoms with van der Waals surface area (Å²) in [6, 6.07) is 21.3. The number of ether oxygens (including phenoxy) is 2. The van der Waals surface area contributed by atoms with E-state index in [1.165, 1.54) is 0 Å². The molecule has 0 bridgehead atoms. The van der Waals surface area contributed by atoms with Crippen LogP contribution in [-0.4, -0.2) is 5.78 Å². The molecule has 0 spiro atoms. The van der Waals surface area contributed by atoms with Crippen molar-refractivity contribution >= 4 is 27.8 Å². The minimum atomic E-state index is -0.0972. The largest absolute Gasteiger partial charge is 0.489 e. The maximum Gasteiger partial charge on any atom is 0.232 e. The average Bonchev–Trinajstić information content (AvgIpc) is 2.98. The van der Waals surface area contributed by atoms with Gasteiger partial charge in [0.05, 0.1) is 5.56 Å². The van der Waals surface area contributed by atoms with Gasteiger partial charge < -0.3 is 9.47 Å². The number of aryl methyl sites for hydroxylation is 1. The Morgan fingerprint density at radius 2 is 1.78 bits per heavy atom. The van der Waals surface area contributed by atoms with E-state index in [2.05, 4.69) is 15.9 Å². The topological polar surface area (TPSA) is 35.5 Å². The highest BCUT2D eigenvalue weighted by molar-refractivity contribution is 9.10. The molecule has 0 aliphatic carbocycles. The SMILES string of the molecule is Cc1cc(OCc2ccccc2)cc2c1C(=O)/C(=C/c1ccc(Br)cc1)O2. The summed E-state index contributed by atoms with van der Waals surface area (Å²) in [4.78, 5) is 12.7. The van der Waals surface area contributed by atoms with Crippen LogP contribution in [0.25, 0.3) is 6.08 Å². The van der Waals surface area contributed by atoms with Crippen LogP contribution in [0.2, 0.25) is 0 Å². The molecular formula is C23H17BrO3. The minimum absolute atomic E-state index is 0.0972. The summed E-state index contributed by atoms with van der Waals surface area (Å²) in [5.74, 6) is 1.47. The van der Waals surface area contributed by atoms with Gasteiger partial charge in [-0.3, -0.25) is 4.79 Å². The molecule has 0 aromatic heterocycles. The van der Waals surface area contributed by atoms with Crippen molar-refractivity contribution < 1.29 is 14.3 Å². The first-order valence-corrected chi connectivity index (χ1v) is 9.40. The van der Waals surface area contributed by atoms with E-state index in [1.807, 2.05) is 67.6 Å². The lowest BCUT2D eigenvalue weighted by Gasteiger charge is -2.09. The van der Waals surface area contributed by atoms with Crippen LogP contribution < -0.4 is 9.47 Å². The number of hydrogen-bond acceptors (Lipinski definition) is 3. The van der Waals surface area contributed by atoms with E-state index in [9.17, 15) is 4.79 Å². The Bertz CT molecular complexity index is 1020. The van der Waals surface area contributed by atoms with Crippen LogP contribution in [0.1, 0.15) is 27.0 Å². The maximum absolute atomic E-state index is 12.7. The molecule has 27 heavy (non-hydrogen) atoms. The van der Waals surface area contributed by atoms with E-state index in [0.29, 0.717) is 29.4 Å². The van der Waals surface area contributed by atoms with Crippen molar-refractivity contribution in [2.75, 3.05) is 0 Å². The second kappa shape index (κ2) is 7.41. The highest BCUT2D eigenvalue weighted by Crippen LogP contribution is 2.37. The zero-order chi connectivity index (χ0) is 18.8. The van der Waals surface area contributed by atoms with Crippen LogP contribution in [0.5, 0.6) is 11.5 Å². The summed E-state index contributed by atoms with van der Waals surface area (Å²) < 4.78 is 12.7. The Kier molecular flexibility index (Phi) is 4.82. The standard InChI is InChI=1S/C23H17BrO3/c1-15-11-19(26-14-17-5-3-2-4-6-17)13-20-22(15)23(25)21(27-20)12-16-7-9-18(24)10-8-16/h2-13H,14H2,1H3/b21-12-. The molecule has 3 nitrogen and oxygen atoms in total. The number of carbonyl (C=O) groups excluding carboxylic acids is 1. The first-order valence-electron chi connectivity index (χ1n) is 8.61. The third-order valence-corrected chi connectivity index (χ3v) is 4.89. The molecule has 0 N–H and O–H groups in total. The van der Waals surface area contributed by atoms with Crippen molar-refractivity contribution in [3.63, 3.8) is 0 Å². The van der Waals surface area contributed by atoms with Gasteiger partial charge >= 0.3 is 0 Å². The number of fused-ring (bicyclic) bond motifs is 1. The lowest BCUT2D eigenvalue weighted by Crippen LogP contribution is -2.00. The van der Waals surface area contributed by atoms with Crippen LogP contribution in [0, 0.1) is 6.92 Å². The van der Waals surface area contributed by atoms with Crippen molar-refractivity contribution in [3.8, 4) is 11.5 Å². The molecule has 0 amide bonds. The number of hydrogen-bond donors (Lipinski definition) is 0. The van der Waals surface area contributed by atoms with E-state index in [-0.39, 0.29) is 5.78 Å². The summed E-state index contributed by atoms with van der Waals surface area (Å²) >= 11 is 3.41. The molecule has 0 atom stereocenters. The Morgan fingerprint density at radius 1 is 1.04 bits per heavy atom. The second-order valence-electron chi connectivity index (χ2n) is 6.38. The summed E-state index contributed by atoms with van der Waals surface area (Å²) in [6.45, 7) is 2.37. The number of halogens is 1. The predicted octanol–water partition coefficient (Wildman–Crippen LogP) is 5.95. The van der Waals surface area contributed by atoms with Crippen LogP contribution >= 0.6 is 15.9 Å². The fourth-order valence-corrected chi connectivity index (χ4v) is 3.28. The molecule has 134 valence electrons. The molecule has 0 unspecified atom stereocenters. The summed E-state index contributed by atoms with van der Waals surface area (Å²) in [5.41, 5.74) is 3.45. The van der Waals surface area contributed by atoms with Gasteiger partial charge in [-0.05, 0) is 47.9 Å². The van der Waals surface area contributed by atoms with Crippen molar-refractivity contribution in [2.45, 2.75) is 13.5 Å². The van der Waals surface area contributed by atoms with Crippen LogP contribution in [0.3, 0.4) is 0 Å². The Balaban J connectivity index is 1.57. The Hall–Kier alpha value is -2.85. The quantitative estimate of drug-likeness (QED) is 0.488. The molecule has 1 heterocycles. The number of benzene rings is 3. The number of rotatable bonds is 4. The predicted molar refractivity (Wildman–Crippen MR) is 109 cm³/mol. The molecule has 4 heteroatoms. The van der Waals surface area contributed by atoms with Gasteiger partial charge in [0.2, 0.25) is 5.78 Å². The zero-order valence-corrected chi connectivity index (χ0v) is 16.3. The molecule has 0 saturated carbocycles. The highest BCUT2D eigenvalue weighted by atomic mass is 79.9. The lowest BCUT2D eigenvalue weighted by atomic mass is 10.0. The van der Waals surface area contributed by atoms with E-state index >= 15 is 0 Å². The monoisotopic (exact) mass is 420 g/mol. The third kappa shape index (κ3) is 3.81. The summed E-state index contributed by atoms with van der Waals surface area (Å²) in [6.07, 6.45) is 1.76. The molecule has 1 aliphatic heterocycles. The number of carbonyl (C=O) groups is 1. The van der Waals surface area contributed by atoms with Gasteiger partial charge in [0, 0.05) is 10.5 Å². The average molecular weight is 421 g/mol. The van der Waals surface area contributed by atoms with Crippen molar-refractivity contribution in [3.05, 3.63) is 99.2 Å². The Labute approximate surface area is 166 Å². The van der Waals surface area contributed by atoms with Gasteiger partial charge in [-0.2, -0.15) is 0 Å². The first kappa shape index (κ1) is 17.6. The van der Waals surface area contributed by atoms with Crippen LogP contribution in [-0.2, 0) is 6.61 Å². The molecular weight excluding hydrogens is 404 g/mol. The smallest absolute Gasteiger partial charge is 0.232 e. The summed E-state index contributed by atoms with van der Waals surface area (Å²) in [7, 11) is 0. The molecule has 0 radical (unpaired) electrons. The molecule has 0 fully saturated rings. The van der Waals surface area contributed by atoms with E-state index < -0.39 is 0 Å². The normalized spacial score (nSPS) is 14.1. The molecule has 1 aliphatic rings. The van der Waals surface area contributed by atoms with Gasteiger partial charge in [0.25, 0.3) is 0 Å². The molecule has 3 aromatic rings. The fourth-order valence-electron chi connectivity index (χ4n) is 3.01. The Morgan fingerprint density at radius 3 is 2.52 bits per heavy atom. The molecule has 3 aromatic carbocycles. The highest BCUT2D eigenvalue weighted by Gasteiger charge is 2.30. The van der Waals surface area contributed by atoms with Gasteiger partial charge in [-0.15, -0.1) is 0 Å². The van der Waals surface area contributed by atoms with E-state index in [4.69, 9.17) is 9.47 Å². The summed E-state index contributed by atoms with van der Waals surface area (Å²) in [5, 5.41) is 0. The first-order chi connectivity index (χ1) is 13.1. The van der Waals surface area contributed by atoms with Gasteiger partial charge in [0.15, 0.2) is 5.76 Å². The molecule has 4 rings (SSSR count). The lowest BCUT2D eigenvalue weighted by molar-refractivity contribution is 0.101. The molecule has 0 saturated heterocycles. The van der Waals surface area contributed by atoms with Gasteiger partial charge in [-0.1, -0.05) is 58.4 Å². The van der Waals surface area contributed by atoms with Crippen molar-refractivity contribution in [1.29, 1.82) is 0 Å². The number of Topliss-reactive ketones (excluding diaryl/α,β-unsaturated/α-hetero) is 1. The number of allylic oxidation sites excluding steroid dienone is 1. The maximum atomic E-state index is 12.7. The minimum Gasteiger partial charge on any atom is -0.489 e. The zero-order valence-electron chi connectivity index (χ0n) is 14.7. The van der Waals surface area contributed by atoms with Crippen molar-refractivity contribution in [1.82, 2.24) is 0 Å². The number of ketones is 1. The third-order valence-electron chi connectivity index (χ3n) is 4.36. The second-order valence-corrected chi connectivity index (χ2v) is 7.29.